The van der Waals surface area contributed by atoms with Gasteiger partial charge in [0.2, 0.25) is 0 Å². The van der Waals surface area contributed by atoms with E-state index in [9.17, 15) is 9.59 Å². The fourth-order valence-corrected chi connectivity index (χ4v) is 5.18. The Bertz CT molecular complexity index is 889. The van der Waals surface area contributed by atoms with Crippen molar-refractivity contribution in [3.63, 3.8) is 0 Å². The maximum Gasteiger partial charge on any atom is 0.409 e. The summed E-state index contributed by atoms with van der Waals surface area (Å²) in [6.45, 7) is 6.74. The van der Waals surface area contributed by atoms with Gasteiger partial charge in [-0.3, -0.25) is 4.79 Å². The van der Waals surface area contributed by atoms with Gasteiger partial charge >= 0.3 is 12.1 Å². The van der Waals surface area contributed by atoms with Crippen LogP contribution in [0.5, 0.6) is 0 Å². The summed E-state index contributed by atoms with van der Waals surface area (Å²) in [5, 5.41) is 3.13. The lowest BCUT2D eigenvalue weighted by Crippen LogP contribution is -2.54. The zero-order chi connectivity index (χ0) is 23.3. The molecule has 1 saturated carbocycles. The molecule has 1 aliphatic heterocycles. The van der Waals surface area contributed by atoms with E-state index in [2.05, 4.69) is 24.1 Å². The monoisotopic (exact) mass is 440 g/mol. The van der Waals surface area contributed by atoms with E-state index in [0.29, 0.717) is 13.0 Å². The van der Waals surface area contributed by atoms with E-state index in [-0.39, 0.29) is 29.9 Å². The largest absolute Gasteiger partial charge is 0.453 e. The molecule has 6 nitrogen and oxygen atoms in total. The minimum absolute atomic E-state index is 0.0348. The topological polar surface area (TPSA) is 67.9 Å². The van der Waals surface area contributed by atoms with E-state index in [1.54, 1.807) is 11.9 Å². The summed E-state index contributed by atoms with van der Waals surface area (Å²) < 4.78 is 11.3. The summed E-state index contributed by atoms with van der Waals surface area (Å²) in [7, 11) is 3.20. The molecule has 6 heteroatoms. The van der Waals surface area contributed by atoms with E-state index in [4.69, 9.17) is 9.47 Å². The molecule has 2 aliphatic rings. The van der Waals surface area contributed by atoms with Crippen LogP contribution in [0, 0.1) is 30.6 Å². The van der Waals surface area contributed by atoms with Gasteiger partial charge in [0.25, 0.3) is 0 Å². The molecule has 1 aliphatic carbocycles. The Labute approximate surface area is 192 Å². The third kappa shape index (κ3) is 4.94. The zero-order valence-electron chi connectivity index (χ0n) is 19.9. The number of methoxy groups -OCH3 is 1. The van der Waals surface area contributed by atoms with Gasteiger partial charge in [-0.1, -0.05) is 38.3 Å². The SMILES string of the molecule is CC[C@H](C)C(NC)C(=O)O[C@@]1(C#Cc2cccc(C)c2)CCC[C@@H]2[C@H]1CCN2C(=O)OC. The quantitative estimate of drug-likeness (QED) is 0.556. The number of hydrogen-bond acceptors (Lipinski definition) is 5. The van der Waals surface area contributed by atoms with Crippen molar-refractivity contribution in [1.29, 1.82) is 0 Å². The number of likely N-dealkylation sites (N-methyl/N-ethyl adjacent to an activating group) is 1. The molecule has 5 atom stereocenters. The van der Waals surface area contributed by atoms with Gasteiger partial charge in [0.05, 0.1) is 7.11 Å². The van der Waals surface area contributed by atoms with Gasteiger partial charge in [0.15, 0.2) is 5.60 Å². The summed E-state index contributed by atoms with van der Waals surface area (Å²) in [6, 6.07) is 7.60. The Balaban J connectivity index is 1.98. The fourth-order valence-electron chi connectivity index (χ4n) is 5.18. The van der Waals surface area contributed by atoms with Gasteiger partial charge in [0.1, 0.15) is 6.04 Å². The van der Waals surface area contributed by atoms with Crippen LogP contribution < -0.4 is 5.32 Å². The van der Waals surface area contributed by atoms with Crippen molar-refractivity contribution in [2.24, 2.45) is 11.8 Å². The van der Waals surface area contributed by atoms with Crippen LogP contribution in [0.3, 0.4) is 0 Å². The number of likely N-dealkylation sites (tertiary alicyclic amines) is 1. The van der Waals surface area contributed by atoms with Gasteiger partial charge in [0, 0.05) is 24.1 Å². The molecule has 0 aromatic heterocycles. The second-order valence-corrected chi connectivity index (χ2v) is 9.10. The summed E-state index contributed by atoms with van der Waals surface area (Å²) in [5.41, 5.74) is 1.11. The maximum absolute atomic E-state index is 13.3. The number of nitrogens with zero attached hydrogens (tertiary/aromatic N) is 1. The molecule has 1 aromatic carbocycles. The van der Waals surface area contributed by atoms with Crippen molar-refractivity contribution in [3.05, 3.63) is 35.4 Å². The summed E-state index contributed by atoms with van der Waals surface area (Å²) in [4.78, 5) is 27.5. The van der Waals surface area contributed by atoms with Crippen LogP contribution in [0.4, 0.5) is 4.79 Å². The van der Waals surface area contributed by atoms with E-state index in [0.717, 1.165) is 36.8 Å². The Morgan fingerprint density at radius 2 is 2.12 bits per heavy atom. The molecule has 1 unspecified atom stereocenters. The first-order valence-electron chi connectivity index (χ1n) is 11.7. The van der Waals surface area contributed by atoms with Gasteiger partial charge < -0.3 is 19.7 Å². The molecule has 174 valence electrons. The number of rotatable bonds is 5. The van der Waals surface area contributed by atoms with Crippen LogP contribution in [0.25, 0.3) is 0 Å². The molecule has 3 rings (SSSR count). The van der Waals surface area contributed by atoms with Crippen LogP contribution >= 0.6 is 0 Å². The normalized spacial score (nSPS) is 26.3. The van der Waals surface area contributed by atoms with E-state index < -0.39 is 11.6 Å². The third-order valence-electron chi connectivity index (χ3n) is 7.10. The summed E-state index contributed by atoms with van der Waals surface area (Å²) in [6.07, 6.45) is 3.65. The highest BCUT2D eigenvalue weighted by Crippen LogP contribution is 2.45. The Hall–Kier alpha value is -2.52. The number of amides is 1. The number of nitrogens with one attached hydrogen (secondary N) is 1. The van der Waals surface area contributed by atoms with Crippen LogP contribution in [-0.2, 0) is 14.3 Å². The minimum atomic E-state index is -0.922. The molecule has 1 N–H and O–H groups in total. The highest BCUT2D eigenvalue weighted by atomic mass is 16.6. The van der Waals surface area contributed by atoms with Crippen molar-refractivity contribution in [2.75, 3.05) is 20.7 Å². The second kappa shape index (κ2) is 10.4. The first-order valence-corrected chi connectivity index (χ1v) is 11.7. The van der Waals surface area contributed by atoms with Crippen molar-refractivity contribution in [1.82, 2.24) is 10.2 Å². The number of carbonyl (C=O) groups excluding carboxylic acids is 2. The lowest BCUT2D eigenvalue weighted by Gasteiger charge is -2.43. The fraction of sp³-hybridized carbons (Fsp3) is 0.615. The second-order valence-electron chi connectivity index (χ2n) is 9.10. The molecule has 0 spiro atoms. The summed E-state index contributed by atoms with van der Waals surface area (Å²) in [5.74, 6) is 6.52. The van der Waals surface area contributed by atoms with Crippen molar-refractivity contribution in [3.8, 4) is 11.8 Å². The highest BCUT2D eigenvalue weighted by molar-refractivity contribution is 5.77. The molecular weight excluding hydrogens is 404 g/mol. The van der Waals surface area contributed by atoms with Crippen molar-refractivity contribution < 1.29 is 19.1 Å². The van der Waals surface area contributed by atoms with E-state index >= 15 is 0 Å². The van der Waals surface area contributed by atoms with Gasteiger partial charge in [-0.2, -0.15) is 0 Å². The lowest BCUT2D eigenvalue weighted by molar-refractivity contribution is -0.166. The average molecular weight is 441 g/mol. The predicted molar refractivity (Wildman–Crippen MR) is 124 cm³/mol. The number of benzene rings is 1. The van der Waals surface area contributed by atoms with Gasteiger partial charge in [-0.05, 0) is 69.2 Å². The molecular formula is C26H36N2O4. The molecule has 1 heterocycles. The van der Waals surface area contributed by atoms with E-state index in [1.807, 2.05) is 38.1 Å². The predicted octanol–water partition coefficient (Wildman–Crippen LogP) is 3.90. The third-order valence-corrected chi connectivity index (χ3v) is 7.10. The number of fused-ring (bicyclic) bond motifs is 1. The molecule has 0 radical (unpaired) electrons. The smallest absolute Gasteiger partial charge is 0.409 e. The summed E-state index contributed by atoms with van der Waals surface area (Å²) >= 11 is 0. The average Bonchev–Trinajstić information content (AvgIpc) is 3.23. The van der Waals surface area contributed by atoms with Crippen molar-refractivity contribution in [2.45, 2.75) is 70.6 Å². The molecule has 2 fully saturated rings. The maximum atomic E-state index is 13.3. The van der Waals surface area contributed by atoms with Crippen LogP contribution in [0.2, 0.25) is 0 Å². The highest BCUT2D eigenvalue weighted by Gasteiger charge is 2.54. The Morgan fingerprint density at radius 1 is 1.34 bits per heavy atom. The Kier molecular flexibility index (Phi) is 7.84. The van der Waals surface area contributed by atoms with Gasteiger partial charge in [-0.25, -0.2) is 4.79 Å². The first-order chi connectivity index (χ1) is 15.3. The zero-order valence-corrected chi connectivity index (χ0v) is 19.9. The van der Waals surface area contributed by atoms with Crippen LogP contribution in [0.15, 0.2) is 24.3 Å². The molecule has 32 heavy (non-hydrogen) atoms. The number of ether oxygens (including phenoxy) is 2. The number of carbonyl (C=O) groups is 2. The standard InChI is InChI=1S/C26H36N2O4/c1-6-19(3)23(27-4)24(29)32-26(15-12-20-10-7-9-18(2)17-20)14-8-11-22-21(26)13-16-28(22)25(30)31-5/h7,9-10,17,19,21-23,27H,6,8,11,13-14,16H2,1-5H3/t19-,21+,22+,23?,26+/m0/s1. The number of aryl methyl sites for hydroxylation is 1. The number of hydrogen-bond donors (Lipinski definition) is 1. The van der Waals surface area contributed by atoms with Crippen LogP contribution in [0.1, 0.15) is 57.1 Å². The van der Waals surface area contributed by atoms with Crippen molar-refractivity contribution >= 4 is 12.1 Å². The minimum Gasteiger partial charge on any atom is -0.453 e. The molecule has 1 saturated heterocycles. The number of esters is 1. The Morgan fingerprint density at radius 3 is 2.78 bits per heavy atom. The molecule has 0 bridgehead atoms. The van der Waals surface area contributed by atoms with Crippen LogP contribution in [-0.4, -0.2) is 55.3 Å². The molecule has 1 amide bonds. The first kappa shape index (κ1) is 24.1. The van der Waals surface area contributed by atoms with E-state index in [1.165, 1.54) is 7.11 Å². The molecule has 1 aromatic rings. The van der Waals surface area contributed by atoms with Gasteiger partial charge in [-0.15, -0.1) is 0 Å². The lowest BCUT2D eigenvalue weighted by atomic mass is 9.72.